The molecular formula is C10H10FNO2. The zero-order valence-electron chi connectivity index (χ0n) is 7.46. The molecule has 0 aromatic heterocycles. The second-order valence-corrected chi connectivity index (χ2v) is 3.41. The molecule has 2 rings (SSSR count). The maximum Gasteiger partial charge on any atom is 0.304 e. The predicted molar refractivity (Wildman–Crippen MR) is 49.9 cm³/mol. The smallest absolute Gasteiger partial charge is 0.304 e. The number of benzene rings is 1. The highest BCUT2D eigenvalue weighted by atomic mass is 19.1. The molecule has 1 heterocycles. The van der Waals surface area contributed by atoms with Crippen LogP contribution in [-0.2, 0) is 4.79 Å². The van der Waals surface area contributed by atoms with Gasteiger partial charge in [-0.2, -0.15) is 0 Å². The van der Waals surface area contributed by atoms with Crippen molar-refractivity contribution in [3.63, 3.8) is 0 Å². The molecule has 14 heavy (non-hydrogen) atoms. The van der Waals surface area contributed by atoms with Crippen molar-refractivity contribution in [2.45, 2.75) is 12.3 Å². The number of hydrogen-bond acceptors (Lipinski definition) is 2. The van der Waals surface area contributed by atoms with Crippen molar-refractivity contribution < 1.29 is 14.3 Å². The first-order valence-electron chi connectivity index (χ1n) is 4.42. The van der Waals surface area contributed by atoms with E-state index in [2.05, 4.69) is 5.32 Å². The fourth-order valence-corrected chi connectivity index (χ4v) is 1.77. The lowest BCUT2D eigenvalue weighted by Crippen LogP contribution is -2.07. The highest BCUT2D eigenvalue weighted by Gasteiger charge is 2.24. The summed E-state index contributed by atoms with van der Waals surface area (Å²) in [5, 5.41) is 11.6. The van der Waals surface area contributed by atoms with Gasteiger partial charge < -0.3 is 10.4 Å². The Kier molecular flexibility index (Phi) is 2.11. The Labute approximate surface area is 80.6 Å². The SMILES string of the molecule is O=C(O)CC1CNc2cc(F)ccc21. The summed E-state index contributed by atoms with van der Waals surface area (Å²) >= 11 is 0. The first kappa shape index (κ1) is 8.99. The first-order valence-corrected chi connectivity index (χ1v) is 4.42. The fraction of sp³-hybridized carbons (Fsp3) is 0.300. The number of anilines is 1. The molecule has 0 radical (unpaired) electrons. The average Bonchev–Trinajstić information content (AvgIpc) is 2.47. The van der Waals surface area contributed by atoms with Crippen molar-refractivity contribution in [3.05, 3.63) is 29.6 Å². The van der Waals surface area contributed by atoms with E-state index >= 15 is 0 Å². The molecular weight excluding hydrogens is 185 g/mol. The lowest BCUT2D eigenvalue weighted by molar-refractivity contribution is -0.137. The van der Waals surface area contributed by atoms with E-state index in [9.17, 15) is 9.18 Å². The predicted octanol–water partition coefficient (Wildman–Crippen LogP) is 1.81. The van der Waals surface area contributed by atoms with Crippen molar-refractivity contribution in [2.75, 3.05) is 11.9 Å². The molecule has 1 aromatic rings. The molecule has 0 aliphatic carbocycles. The molecule has 1 atom stereocenters. The minimum atomic E-state index is -0.825. The van der Waals surface area contributed by atoms with Gasteiger partial charge >= 0.3 is 5.97 Å². The number of rotatable bonds is 2. The van der Waals surface area contributed by atoms with Crippen LogP contribution in [0.2, 0.25) is 0 Å². The Morgan fingerprint density at radius 1 is 1.64 bits per heavy atom. The summed E-state index contributed by atoms with van der Waals surface area (Å²) in [4.78, 5) is 10.5. The number of fused-ring (bicyclic) bond motifs is 1. The highest BCUT2D eigenvalue weighted by Crippen LogP contribution is 2.33. The van der Waals surface area contributed by atoms with Crippen molar-refractivity contribution in [1.29, 1.82) is 0 Å². The van der Waals surface area contributed by atoms with E-state index in [0.717, 1.165) is 11.3 Å². The van der Waals surface area contributed by atoms with E-state index in [0.29, 0.717) is 6.54 Å². The van der Waals surface area contributed by atoms with Gasteiger partial charge in [-0.15, -0.1) is 0 Å². The summed E-state index contributed by atoms with van der Waals surface area (Å²) in [5.74, 6) is -1.16. The number of halogens is 1. The van der Waals surface area contributed by atoms with E-state index in [1.54, 1.807) is 6.07 Å². The van der Waals surface area contributed by atoms with Gasteiger partial charge in [0.25, 0.3) is 0 Å². The van der Waals surface area contributed by atoms with Crippen LogP contribution >= 0.6 is 0 Å². The van der Waals surface area contributed by atoms with Crippen LogP contribution in [0.4, 0.5) is 10.1 Å². The van der Waals surface area contributed by atoms with Gasteiger partial charge in [0.1, 0.15) is 5.82 Å². The molecule has 0 saturated heterocycles. The third-order valence-electron chi connectivity index (χ3n) is 2.42. The van der Waals surface area contributed by atoms with Gasteiger partial charge in [-0.05, 0) is 17.7 Å². The Bertz CT molecular complexity index is 378. The summed E-state index contributed by atoms with van der Waals surface area (Å²) in [6.07, 6.45) is 0.0889. The van der Waals surface area contributed by atoms with Gasteiger partial charge in [-0.25, -0.2) is 4.39 Å². The molecule has 1 aromatic carbocycles. The molecule has 0 fully saturated rings. The maximum absolute atomic E-state index is 12.8. The van der Waals surface area contributed by atoms with Crippen LogP contribution in [0.3, 0.4) is 0 Å². The lowest BCUT2D eigenvalue weighted by Gasteiger charge is -2.05. The van der Waals surface area contributed by atoms with Crippen LogP contribution in [0, 0.1) is 5.82 Å². The van der Waals surface area contributed by atoms with Crippen molar-refractivity contribution in [3.8, 4) is 0 Å². The second-order valence-electron chi connectivity index (χ2n) is 3.41. The van der Waals surface area contributed by atoms with Crippen LogP contribution in [0.1, 0.15) is 17.9 Å². The largest absolute Gasteiger partial charge is 0.481 e. The van der Waals surface area contributed by atoms with Crippen LogP contribution < -0.4 is 5.32 Å². The number of hydrogen-bond donors (Lipinski definition) is 2. The fourth-order valence-electron chi connectivity index (χ4n) is 1.77. The van der Waals surface area contributed by atoms with Gasteiger partial charge in [0, 0.05) is 18.2 Å². The summed E-state index contributed by atoms with van der Waals surface area (Å²) in [7, 11) is 0. The second kappa shape index (κ2) is 3.29. The topological polar surface area (TPSA) is 49.3 Å². The lowest BCUT2D eigenvalue weighted by atomic mass is 9.98. The third kappa shape index (κ3) is 1.55. The number of carbonyl (C=O) groups is 1. The number of nitrogens with one attached hydrogen (secondary N) is 1. The summed E-state index contributed by atoms with van der Waals surface area (Å²) in [5.41, 5.74) is 1.62. The molecule has 0 amide bonds. The minimum absolute atomic E-state index is 0.0388. The van der Waals surface area contributed by atoms with Crippen LogP contribution in [0.25, 0.3) is 0 Å². The first-order chi connectivity index (χ1) is 6.66. The molecule has 3 nitrogen and oxygen atoms in total. The molecule has 4 heteroatoms. The molecule has 74 valence electrons. The molecule has 1 aliphatic heterocycles. The Morgan fingerprint density at radius 2 is 2.43 bits per heavy atom. The normalized spacial score (nSPS) is 18.8. The number of carboxylic acids is 1. The van der Waals surface area contributed by atoms with E-state index in [-0.39, 0.29) is 18.2 Å². The molecule has 2 N–H and O–H groups in total. The molecule has 1 aliphatic rings. The van der Waals surface area contributed by atoms with Crippen molar-refractivity contribution in [1.82, 2.24) is 0 Å². The third-order valence-corrected chi connectivity index (χ3v) is 2.42. The van der Waals surface area contributed by atoms with Crippen molar-refractivity contribution >= 4 is 11.7 Å². The minimum Gasteiger partial charge on any atom is -0.481 e. The highest BCUT2D eigenvalue weighted by molar-refractivity contribution is 5.70. The van der Waals surface area contributed by atoms with Crippen molar-refractivity contribution in [2.24, 2.45) is 0 Å². The number of aliphatic carboxylic acids is 1. The van der Waals surface area contributed by atoms with E-state index < -0.39 is 5.97 Å². The maximum atomic E-state index is 12.8. The monoisotopic (exact) mass is 195 g/mol. The zero-order chi connectivity index (χ0) is 10.1. The van der Waals surface area contributed by atoms with E-state index in [1.807, 2.05) is 0 Å². The Morgan fingerprint density at radius 3 is 3.14 bits per heavy atom. The molecule has 1 unspecified atom stereocenters. The standard InChI is InChI=1S/C10H10FNO2/c11-7-1-2-8-6(3-10(13)14)5-12-9(8)4-7/h1-2,4,6,12H,3,5H2,(H,13,14). The summed E-state index contributed by atoms with van der Waals surface area (Å²) in [6.45, 7) is 0.574. The Balaban J connectivity index is 2.26. The van der Waals surface area contributed by atoms with Gasteiger partial charge in [0.2, 0.25) is 0 Å². The van der Waals surface area contributed by atoms with Gasteiger partial charge in [-0.1, -0.05) is 6.07 Å². The van der Waals surface area contributed by atoms with Crippen LogP contribution in [0.5, 0.6) is 0 Å². The quantitative estimate of drug-likeness (QED) is 0.756. The summed E-state index contributed by atoms with van der Waals surface area (Å²) in [6, 6.07) is 4.41. The van der Waals surface area contributed by atoms with Gasteiger partial charge in [0.15, 0.2) is 0 Å². The van der Waals surface area contributed by atoms with E-state index in [4.69, 9.17) is 5.11 Å². The van der Waals surface area contributed by atoms with Crippen LogP contribution in [-0.4, -0.2) is 17.6 Å². The molecule has 0 spiro atoms. The summed E-state index contributed by atoms with van der Waals surface area (Å²) < 4.78 is 12.8. The van der Waals surface area contributed by atoms with E-state index in [1.165, 1.54) is 12.1 Å². The molecule has 0 bridgehead atoms. The molecule has 0 saturated carbocycles. The van der Waals surface area contributed by atoms with Gasteiger partial charge in [0.05, 0.1) is 6.42 Å². The Hall–Kier alpha value is -1.58. The van der Waals surface area contributed by atoms with Gasteiger partial charge in [-0.3, -0.25) is 4.79 Å². The zero-order valence-corrected chi connectivity index (χ0v) is 7.46. The average molecular weight is 195 g/mol. The van der Waals surface area contributed by atoms with Crippen LogP contribution in [0.15, 0.2) is 18.2 Å². The number of carboxylic acid groups (broad SMARTS) is 1.